The Labute approximate surface area is 59.8 Å². The van der Waals surface area contributed by atoms with Crippen molar-refractivity contribution in [1.29, 1.82) is 0 Å². The summed E-state index contributed by atoms with van der Waals surface area (Å²) >= 11 is 0. The first kappa shape index (κ1) is 9.26. The van der Waals surface area contributed by atoms with Crippen molar-refractivity contribution in [2.45, 2.75) is 6.92 Å². The number of Topliss-reactive ketones (excluding diaryl/α,β-unsaturated/α-hetero) is 2. The molecule has 3 N–H and O–H groups in total. The molecule has 4 heteroatoms. The van der Waals surface area contributed by atoms with Crippen LogP contribution in [-0.4, -0.2) is 31.2 Å². The van der Waals surface area contributed by atoms with Crippen LogP contribution in [0.3, 0.4) is 0 Å². The summed E-state index contributed by atoms with van der Waals surface area (Å²) < 4.78 is 0. The zero-order valence-electron chi connectivity index (χ0n) is 6.02. The summed E-state index contributed by atoms with van der Waals surface area (Å²) in [6.45, 7) is 2.41. The van der Waals surface area contributed by atoms with E-state index >= 15 is 0 Å². The molecule has 0 spiro atoms. The van der Waals surface area contributed by atoms with E-state index in [1.54, 1.807) is 0 Å². The molecule has 0 atom stereocenters. The van der Waals surface area contributed by atoms with Crippen molar-refractivity contribution in [2.75, 3.05) is 19.6 Å². The smallest absolute Gasteiger partial charge is 0.211 e. The van der Waals surface area contributed by atoms with Crippen LogP contribution in [0, 0.1) is 0 Å². The zero-order chi connectivity index (χ0) is 7.98. The van der Waals surface area contributed by atoms with Gasteiger partial charge in [0.15, 0.2) is 5.78 Å². The first-order chi connectivity index (χ1) is 4.68. The highest BCUT2D eigenvalue weighted by Gasteiger charge is 2.04. The molecule has 0 aliphatic rings. The van der Waals surface area contributed by atoms with Crippen molar-refractivity contribution in [3.8, 4) is 0 Å². The van der Waals surface area contributed by atoms with Gasteiger partial charge in [-0.1, -0.05) is 0 Å². The maximum absolute atomic E-state index is 10.6. The van der Waals surface area contributed by atoms with E-state index in [-0.39, 0.29) is 6.54 Å². The normalized spacial score (nSPS) is 9.40. The summed E-state index contributed by atoms with van der Waals surface area (Å²) in [5.41, 5.74) is 5.13. The molecule has 10 heavy (non-hydrogen) atoms. The number of hydrogen-bond acceptors (Lipinski definition) is 4. The van der Waals surface area contributed by atoms with Crippen molar-refractivity contribution in [3.05, 3.63) is 0 Å². The highest BCUT2D eigenvalue weighted by Crippen LogP contribution is 1.71. The fraction of sp³-hybridized carbons (Fsp3) is 0.667. The maximum atomic E-state index is 10.6. The molecule has 0 aliphatic heterocycles. The molecule has 4 nitrogen and oxygen atoms in total. The van der Waals surface area contributed by atoms with Crippen molar-refractivity contribution in [2.24, 2.45) is 5.73 Å². The van der Waals surface area contributed by atoms with E-state index in [9.17, 15) is 9.59 Å². The minimum absolute atomic E-state index is 0.104. The Kier molecular flexibility index (Phi) is 4.70. The quantitative estimate of drug-likeness (QED) is 0.371. The molecule has 0 fully saturated rings. The zero-order valence-corrected chi connectivity index (χ0v) is 6.02. The molecule has 0 unspecified atom stereocenters. The molecule has 0 heterocycles. The molecule has 0 rings (SSSR count). The van der Waals surface area contributed by atoms with E-state index in [1.165, 1.54) is 6.92 Å². The Bertz CT molecular complexity index is 134. The largest absolute Gasteiger partial charge is 0.329 e. The number of carbonyl (C=O) groups is 2. The third-order valence-corrected chi connectivity index (χ3v) is 0.999. The average Bonchev–Trinajstić information content (AvgIpc) is 1.88. The predicted octanol–water partition coefficient (Wildman–Crippen LogP) is -1.31. The SMILES string of the molecule is CC(=O)C(=O)CNCCN. The molecular formula is C6H12N2O2. The van der Waals surface area contributed by atoms with Gasteiger partial charge in [0.25, 0.3) is 0 Å². The lowest BCUT2D eigenvalue weighted by molar-refractivity contribution is -0.134. The Balaban J connectivity index is 3.31. The van der Waals surface area contributed by atoms with Crippen LogP contribution < -0.4 is 11.1 Å². The van der Waals surface area contributed by atoms with Crippen molar-refractivity contribution < 1.29 is 9.59 Å². The average molecular weight is 144 g/mol. The second-order valence-electron chi connectivity index (χ2n) is 1.94. The van der Waals surface area contributed by atoms with Gasteiger partial charge < -0.3 is 11.1 Å². The maximum Gasteiger partial charge on any atom is 0.211 e. The number of nitrogens with one attached hydrogen (secondary N) is 1. The van der Waals surface area contributed by atoms with E-state index in [0.717, 1.165) is 0 Å². The van der Waals surface area contributed by atoms with Gasteiger partial charge in [-0.25, -0.2) is 0 Å². The molecule has 0 aromatic heterocycles. The summed E-state index contributed by atoms with van der Waals surface area (Å²) in [5.74, 6) is -0.807. The Morgan fingerprint density at radius 1 is 1.50 bits per heavy atom. The van der Waals surface area contributed by atoms with E-state index < -0.39 is 11.6 Å². The standard InChI is InChI=1S/C6H12N2O2/c1-5(9)6(10)4-8-3-2-7/h8H,2-4,7H2,1H3. The number of rotatable bonds is 5. The van der Waals surface area contributed by atoms with Crippen molar-refractivity contribution in [3.63, 3.8) is 0 Å². The lowest BCUT2D eigenvalue weighted by Crippen LogP contribution is -2.30. The minimum atomic E-state index is -0.412. The summed E-state index contributed by atoms with van der Waals surface area (Å²) in [4.78, 5) is 20.9. The molecule has 0 aromatic rings. The highest BCUT2D eigenvalue weighted by atomic mass is 16.2. The molecule has 0 aromatic carbocycles. The third-order valence-electron chi connectivity index (χ3n) is 0.999. The number of nitrogens with two attached hydrogens (primary N) is 1. The Hall–Kier alpha value is -0.740. The van der Waals surface area contributed by atoms with Crippen molar-refractivity contribution >= 4 is 11.6 Å². The number of carbonyl (C=O) groups excluding carboxylic acids is 2. The lowest BCUT2D eigenvalue weighted by atomic mass is 10.3. The topological polar surface area (TPSA) is 72.2 Å². The van der Waals surface area contributed by atoms with Gasteiger partial charge >= 0.3 is 0 Å². The van der Waals surface area contributed by atoms with Gasteiger partial charge in [-0.15, -0.1) is 0 Å². The second kappa shape index (κ2) is 5.08. The fourth-order valence-corrected chi connectivity index (χ4v) is 0.428. The molecular weight excluding hydrogens is 132 g/mol. The van der Waals surface area contributed by atoms with Crippen LogP contribution in [0.5, 0.6) is 0 Å². The van der Waals surface area contributed by atoms with E-state index in [1.807, 2.05) is 0 Å². The molecule has 0 radical (unpaired) electrons. The van der Waals surface area contributed by atoms with Gasteiger partial charge in [0, 0.05) is 20.0 Å². The van der Waals surface area contributed by atoms with Gasteiger partial charge in [-0.3, -0.25) is 9.59 Å². The van der Waals surface area contributed by atoms with Gasteiger partial charge in [0.1, 0.15) is 0 Å². The van der Waals surface area contributed by atoms with Gasteiger partial charge in [0.2, 0.25) is 5.78 Å². The Morgan fingerprint density at radius 2 is 2.10 bits per heavy atom. The molecule has 0 bridgehead atoms. The Morgan fingerprint density at radius 3 is 2.50 bits per heavy atom. The first-order valence-corrected chi connectivity index (χ1v) is 3.13. The summed E-state index contributed by atoms with van der Waals surface area (Å²) in [6.07, 6.45) is 0. The van der Waals surface area contributed by atoms with Crippen LogP contribution in [-0.2, 0) is 9.59 Å². The van der Waals surface area contributed by atoms with E-state index in [2.05, 4.69) is 5.32 Å². The van der Waals surface area contributed by atoms with Gasteiger partial charge in [0.05, 0.1) is 6.54 Å². The molecule has 0 saturated carbocycles. The number of ketones is 2. The molecule has 0 saturated heterocycles. The summed E-state index contributed by atoms with van der Waals surface area (Å²) in [6, 6.07) is 0. The predicted molar refractivity (Wildman–Crippen MR) is 37.6 cm³/mol. The molecule has 0 amide bonds. The number of hydrogen-bond donors (Lipinski definition) is 2. The van der Waals surface area contributed by atoms with Crippen LogP contribution in [0.25, 0.3) is 0 Å². The van der Waals surface area contributed by atoms with Gasteiger partial charge in [-0.2, -0.15) is 0 Å². The van der Waals surface area contributed by atoms with Crippen LogP contribution in [0.2, 0.25) is 0 Å². The lowest BCUT2D eigenvalue weighted by Gasteiger charge is -1.97. The van der Waals surface area contributed by atoms with Gasteiger partial charge in [-0.05, 0) is 0 Å². The van der Waals surface area contributed by atoms with Crippen LogP contribution >= 0.6 is 0 Å². The second-order valence-corrected chi connectivity index (χ2v) is 1.94. The first-order valence-electron chi connectivity index (χ1n) is 3.13. The van der Waals surface area contributed by atoms with Crippen LogP contribution in [0.4, 0.5) is 0 Å². The third kappa shape index (κ3) is 4.17. The minimum Gasteiger partial charge on any atom is -0.329 e. The molecule has 58 valence electrons. The van der Waals surface area contributed by atoms with Crippen molar-refractivity contribution in [1.82, 2.24) is 5.32 Å². The monoisotopic (exact) mass is 144 g/mol. The fourth-order valence-electron chi connectivity index (χ4n) is 0.428. The van der Waals surface area contributed by atoms with Crippen LogP contribution in [0.15, 0.2) is 0 Å². The summed E-state index contributed by atoms with van der Waals surface area (Å²) in [7, 11) is 0. The van der Waals surface area contributed by atoms with Crippen LogP contribution in [0.1, 0.15) is 6.92 Å². The molecule has 0 aliphatic carbocycles. The van der Waals surface area contributed by atoms with E-state index in [4.69, 9.17) is 5.73 Å². The van der Waals surface area contributed by atoms with E-state index in [0.29, 0.717) is 13.1 Å². The highest BCUT2D eigenvalue weighted by molar-refractivity contribution is 6.37. The summed E-state index contributed by atoms with van der Waals surface area (Å²) in [5, 5.41) is 2.72.